The standard InChI is InChI=1S/C21H22Cl2N4O2/c1-12(2)27-6-3-18(28)19-15(22)9-13(10-17(19)27)20-16(23)11-24-21(26-20)25-14-4-7-29-8-5-14/h3,6,9-12,14H,4-5,7-8H2,1-2H3,(H,24,25,26). The van der Waals surface area contributed by atoms with Gasteiger partial charge in [0.05, 0.1) is 32.8 Å². The Morgan fingerprint density at radius 2 is 1.97 bits per heavy atom. The molecule has 1 aromatic carbocycles. The third-order valence-electron chi connectivity index (χ3n) is 5.11. The Hall–Kier alpha value is -2.15. The summed E-state index contributed by atoms with van der Waals surface area (Å²) in [6, 6.07) is 5.62. The van der Waals surface area contributed by atoms with Crippen molar-refractivity contribution >= 4 is 40.1 Å². The lowest BCUT2D eigenvalue weighted by Crippen LogP contribution is -2.28. The van der Waals surface area contributed by atoms with E-state index in [9.17, 15) is 4.79 Å². The summed E-state index contributed by atoms with van der Waals surface area (Å²) in [7, 11) is 0. The molecule has 6 nitrogen and oxygen atoms in total. The fourth-order valence-electron chi connectivity index (χ4n) is 3.60. The number of hydrogen-bond acceptors (Lipinski definition) is 5. The molecule has 3 heterocycles. The van der Waals surface area contributed by atoms with E-state index in [0.29, 0.717) is 27.1 Å². The van der Waals surface area contributed by atoms with E-state index in [-0.39, 0.29) is 17.5 Å². The van der Waals surface area contributed by atoms with Gasteiger partial charge < -0.3 is 14.6 Å². The highest BCUT2D eigenvalue weighted by Crippen LogP contribution is 2.33. The van der Waals surface area contributed by atoms with Crippen molar-refractivity contribution in [3.05, 3.63) is 50.9 Å². The smallest absolute Gasteiger partial charge is 0.223 e. The SMILES string of the molecule is CC(C)n1ccc(=O)c2c(Cl)cc(-c3nc(NC4CCOCC4)ncc3Cl)cc21. The van der Waals surface area contributed by atoms with Crippen LogP contribution in [0.15, 0.2) is 35.4 Å². The van der Waals surface area contributed by atoms with Crippen molar-refractivity contribution in [1.29, 1.82) is 0 Å². The predicted molar refractivity (Wildman–Crippen MR) is 117 cm³/mol. The van der Waals surface area contributed by atoms with Gasteiger partial charge in [0.15, 0.2) is 5.43 Å². The van der Waals surface area contributed by atoms with E-state index in [1.807, 2.05) is 10.6 Å². The number of hydrogen-bond donors (Lipinski definition) is 1. The molecule has 0 spiro atoms. The molecule has 1 aliphatic heterocycles. The lowest BCUT2D eigenvalue weighted by atomic mass is 10.1. The zero-order valence-corrected chi connectivity index (χ0v) is 17.8. The quantitative estimate of drug-likeness (QED) is 0.632. The molecule has 0 saturated carbocycles. The van der Waals surface area contributed by atoms with Gasteiger partial charge in [-0.15, -0.1) is 0 Å². The lowest BCUT2D eigenvalue weighted by molar-refractivity contribution is 0.0903. The van der Waals surface area contributed by atoms with Gasteiger partial charge in [-0.25, -0.2) is 9.97 Å². The molecule has 29 heavy (non-hydrogen) atoms. The maximum atomic E-state index is 12.4. The molecule has 0 amide bonds. The fraction of sp³-hybridized carbons (Fsp3) is 0.381. The van der Waals surface area contributed by atoms with Crippen molar-refractivity contribution in [2.75, 3.05) is 18.5 Å². The summed E-state index contributed by atoms with van der Waals surface area (Å²) in [5.41, 5.74) is 1.96. The second kappa shape index (κ2) is 8.30. The minimum atomic E-state index is -0.107. The van der Waals surface area contributed by atoms with Crippen molar-refractivity contribution in [1.82, 2.24) is 14.5 Å². The first-order valence-corrected chi connectivity index (χ1v) is 10.4. The third kappa shape index (κ3) is 4.10. The van der Waals surface area contributed by atoms with Gasteiger partial charge in [-0.2, -0.15) is 0 Å². The molecule has 2 aromatic heterocycles. The number of nitrogens with one attached hydrogen (secondary N) is 1. The van der Waals surface area contributed by atoms with Gasteiger partial charge >= 0.3 is 0 Å². The Balaban J connectivity index is 1.80. The molecule has 1 saturated heterocycles. The molecule has 1 N–H and O–H groups in total. The number of halogens is 2. The zero-order valence-electron chi connectivity index (χ0n) is 16.3. The second-order valence-corrected chi connectivity index (χ2v) is 8.27. The first-order chi connectivity index (χ1) is 13.9. The van der Waals surface area contributed by atoms with Crippen LogP contribution < -0.4 is 10.7 Å². The van der Waals surface area contributed by atoms with Gasteiger partial charge in [0.25, 0.3) is 0 Å². The fourth-order valence-corrected chi connectivity index (χ4v) is 4.11. The molecule has 4 rings (SSSR count). The predicted octanol–water partition coefficient (Wildman–Crippen LogP) is 4.94. The number of nitrogens with zero attached hydrogens (tertiary/aromatic N) is 3. The van der Waals surface area contributed by atoms with Crippen molar-refractivity contribution < 1.29 is 4.74 Å². The van der Waals surface area contributed by atoms with Gasteiger partial charge in [-0.1, -0.05) is 23.2 Å². The molecule has 3 aromatic rings. The van der Waals surface area contributed by atoms with Crippen LogP contribution in [0.4, 0.5) is 5.95 Å². The number of rotatable bonds is 4. The van der Waals surface area contributed by atoms with E-state index in [1.165, 1.54) is 0 Å². The molecule has 0 unspecified atom stereocenters. The Morgan fingerprint density at radius 1 is 1.21 bits per heavy atom. The Kier molecular flexibility index (Phi) is 5.76. The van der Waals surface area contributed by atoms with E-state index in [1.54, 1.807) is 24.5 Å². The van der Waals surface area contributed by atoms with Crippen LogP contribution in [0.2, 0.25) is 10.0 Å². The maximum absolute atomic E-state index is 12.4. The first kappa shape index (κ1) is 20.1. The number of pyridine rings is 1. The summed E-state index contributed by atoms with van der Waals surface area (Å²) in [5, 5.41) is 4.66. The molecular formula is C21H22Cl2N4O2. The lowest BCUT2D eigenvalue weighted by Gasteiger charge is -2.23. The number of anilines is 1. The topological polar surface area (TPSA) is 69.0 Å². The van der Waals surface area contributed by atoms with Crippen LogP contribution in [0, 0.1) is 0 Å². The molecule has 1 aliphatic rings. The second-order valence-electron chi connectivity index (χ2n) is 7.45. The summed E-state index contributed by atoms with van der Waals surface area (Å²) < 4.78 is 7.42. The van der Waals surface area contributed by atoms with Crippen molar-refractivity contribution in [3.63, 3.8) is 0 Å². The minimum absolute atomic E-state index is 0.107. The van der Waals surface area contributed by atoms with Gasteiger partial charge in [0.1, 0.15) is 0 Å². The van der Waals surface area contributed by atoms with Crippen molar-refractivity contribution in [2.24, 2.45) is 0 Å². The summed E-state index contributed by atoms with van der Waals surface area (Å²) in [6.07, 6.45) is 5.19. The van der Waals surface area contributed by atoms with Crippen molar-refractivity contribution in [2.45, 2.75) is 38.8 Å². The number of aromatic nitrogens is 3. The highest BCUT2D eigenvalue weighted by Gasteiger charge is 2.18. The Labute approximate surface area is 178 Å². The van der Waals surface area contributed by atoms with Crippen LogP contribution >= 0.6 is 23.2 Å². The van der Waals surface area contributed by atoms with E-state index < -0.39 is 0 Å². The summed E-state index contributed by atoms with van der Waals surface area (Å²) in [6.45, 7) is 5.56. The average Bonchev–Trinajstić information content (AvgIpc) is 2.70. The summed E-state index contributed by atoms with van der Waals surface area (Å²) in [4.78, 5) is 21.4. The normalized spacial score (nSPS) is 15.2. The average molecular weight is 433 g/mol. The minimum Gasteiger partial charge on any atom is -0.381 e. The summed E-state index contributed by atoms with van der Waals surface area (Å²) >= 11 is 12.9. The van der Waals surface area contributed by atoms with Crippen LogP contribution in [0.5, 0.6) is 0 Å². The third-order valence-corrected chi connectivity index (χ3v) is 5.68. The highest BCUT2D eigenvalue weighted by atomic mass is 35.5. The molecule has 0 atom stereocenters. The van der Waals surface area contributed by atoms with E-state index in [4.69, 9.17) is 27.9 Å². The molecular weight excluding hydrogens is 411 g/mol. The molecule has 152 valence electrons. The molecule has 0 aliphatic carbocycles. The van der Waals surface area contributed by atoms with Crippen LogP contribution in [-0.4, -0.2) is 33.8 Å². The van der Waals surface area contributed by atoms with E-state index >= 15 is 0 Å². The largest absolute Gasteiger partial charge is 0.381 e. The van der Waals surface area contributed by atoms with Crippen LogP contribution in [0.1, 0.15) is 32.7 Å². The maximum Gasteiger partial charge on any atom is 0.223 e. The molecule has 0 bridgehead atoms. The highest BCUT2D eigenvalue weighted by molar-refractivity contribution is 6.36. The number of ether oxygens (including phenoxy) is 1. The number of benzene rings is 1. The van der Waals surface area contributed by atoms with Gasteiger partial charge in [0.2, 0.25) is 5.95 Å². The van der Waals surface area contributed by atoms with Gasteiger partial charge in [-0.3, -0.25) is 4.79 Å². The van der Waals surface area contributed by atoms with Crippen molar-refractivity contribution in [3.8, 4) is 11.3 Å². The zero-order chi connectivity index (χ0) is 20.5. The summed E-state index contributed by atoms with van der Waals surface area (Å²) in [5.74, 6) is 0.516. The van der Waals surface area contributed by atoms with E-state index in [0.717, 1.165) is 37.1 Å². The molecule has 1 fully saturated rings. The molecule has 0 radical (unpaired) electrons. The Bertz CT molecular complexity index is 1110. The Morgan fingerprint density at radius 3 is 2.69 bits per heavy atom. The van der Waals surface area contributed by atoms with Crippen LogP contribution in [0.3, 0.4) is 0 Å². The monoisotopic (exact) mass is 432 g/mol. The molecule has 8 heteroatoms. The van der Waals surface area contributed by atoms with E-state index in [2.05, 4.69) is 29.1 Å². The van der Waals surface area contributed by atoms with Gasteiger partial charge in [0, 0.05) is 43.1 Å². The van der Waals surface area contributed by atoms with Gasteiger partial charge in [-0.05, 0) is 38.8 Å². The number of fused-ring (bicyclic) bond motifs is 1. The van der Waals surface area contributed by atoms with Crippen LogP contribution in [0.25, 0.3) is 22.2 Å². The van der Waals surface area contributed by atoms with Crippen LogP contribution in [-0.2, 0) is 4.74 Å². The first-order valence-electron chi connectivity index (χ1n) is 9.65.